The van der Waals surface area contributed by atoms with Gasteiger partial charge in [-0.3, -0.25) is 9.69 Å². The molecule has 0 amide bonds. The SMILES string of the molecule is CCOc1ccc(C(C)=O)cc1CN1CCC(CNC)CC1. The molecule has 1 saturated heterocycles. The van der Waals surface area contributed by atoms with Gasteiger partial charge in [0.15, 0.2) is 5.78 Å². The Labute approximate surface area is 133 Å². The fourth-order valence-corrected chi connectivity index (χ4v) is 3.10. The van der Waals surface area contributed by atoms with E-state index in [0.717, 1.165) is 49.0 Å². The third-order valence-corrected chi connectivity index (χ3v) is 4.36. The van der Waals surface area contributed by atoms with E-state index in [1.807, 2.05) is 32.2 Å². The molecule has 0 radical (unpaired) electrons. The van der Waals surface area contributed by atoms with Crippen LogP contribution in [0.25, 0.3) is 0 Å². The molecule has 22 heavy (non-hydrogen) atoms. The first-order valence-electron chi connectivity index (χ1n) is 8.27. The summed E-state index contributed by atoms with van der Waals surface area (Å²) in [5, 5.41) is 3.27. The number of carbonyl (C=O) groups is 1. The van der Waals surface area contributed by atoms with E-state index in [-0.39, 0.29) is 5.78 Å². The summed E-state index contributed by atoms with van der Waals surface area (Å²) in [6, 6.07) is 5.78. The number of piperidine rings is 1. The summed E-state index contributed by atoms with van der Waals surface area (Å²) < 4.78 is 5.72. The summed E-state index contributed by atoms with van der Waals surface area (Å²) in [5.74, 6) is 1.80. The highest BCUT2D eigenvalue weighted by atomic mass is 16.5. The normalized spacial score (nSPS) is 16.7. The van der Waals surface area contributed by atoms with Crippen molar-refractivity contribution in [2.75, 3.05) is 33.3 Å². The Hall–Kier alpha value is -1.39. The first kappa shape index (κ1) is 17.0. The molecule has 0 aromatic heterocycles. The van der Waals surface area contributed by atoms with Crippen molar-refractivity contribution in [2.45, 2.75) is 33.2 Å². The molecule has 1 heterocycles. The van der Waals surface area contributed by atoms with Crippen LogP contribution in [-0.4, -0.2) is 44.0 Å². The first-order valence-corrected chi connectivity index (χ1v) is 8.27. The van der Waals surface area contributed by atoms with Crippen LogP contribution in [0.15, 0.2) is 18.2 Å². The van der Waals surface area contributed by atoms with Crippen molar-refractivity contribution in [3.05, 3.63) is 29.3 Å². The number of carbonyl (C=O) groups excluding carboxylic acids is 1. The lowest BCUT2D eigenvalue weighted by atomic mass is 9.96. The minimum atomic E-state index is 0.108. The standard InChI is InChI=1S/C18H28N2O2/c1-4-22-18-6-5-16(14(2)21)11-17(18)13-20-9-7-15(8-10-20)12-19-3/h5-6,11,15,19H,4,7-10,12-13H2,1-3H3. The summed E-state index contributed by atoms with van der Waals surface area (Å²) in [5.41, 5.74) is 1.89. The molecule has 1 aliphatic rings. The zero-order valence-corrected chi connectivity index (χ0v) is 14.0. The topological polar surface area (TPSA) is 41.6 Å². The average molecular weight is 304 g/mol. The number of nitrogens with one attached hydrogen (secondary N) is 1. The number of hydrogen-bond donors (Lipinski definition) is 1. The largest absolute Gasteiger partial charge is 0.494 e. The number of hydrogen-bond acceptors (Lipinski definition) is 4. The molecule has 1 fully saturated rings. The molecule has 1 aliphatic heterocycles. The summed E-state index contributed by atoms with van der Waals surface area (Å²) in [7, 11) is 2.02. The van der Waals surface area contributed by atoms with Gasteiger partial charge in [0.05, 0.1) is 6.61 Å². The number of ether oxygens (including phenoxy) is 1. The van der Waals surface area contributed by atoms with Crippen LogP contribution in [0.1, 0.15) is 42.6 Å². The van der Waals surface area contributed by atoms with E-state index in [1.165, 1.54) is 12.8 Å². The van der Waals surface area contributed by atoms with Crippen LogP contribution in [0.2, 0.25) is 0 Å². The van der Waals surface area contributed by atoms with E-state index in [2.05, 4.69) is 10.2 Å². The molecule has 0 spiro atoms. The zero-order chi connectivity index (χ0) is 15.9. The van der Waals surface area contributed by atoms with Gasteiger partial charge in [0.25, 0.3) is 0 Å². The summed E-state index contributed by atoms with van der Waals surface area (Å²) in [6.07, 6.45) is 2.47. The lowest BCUT2D eigenvalue weighted by Crippen LogP contribution is -2.36. The molecule has 1 aromatic carbocycles. The molecule has 1 N–H and O–H groups in total. The maximum atomic E-state index is 11.6. The van der Waals surface area contributed by atoms with E-state index >= 15 is 0 Å². The fourth-order valence-electron chi connectivity index (χ4n) is 3.10. The molecular weight excluding hydrogens is 276 g/mol. The van der Waals surface area contributed by atoms with Gasteiger partial charge in [-0.1, -0.05) is 0 Å². The molecule has 1 aromatic rings. The number of rotatable bonds is 7. The average Bonchev–Trinajstić information content (AvgIpc) is 2.51. The van der Waals surface area contributed by atoms with Gasteiger partial charge in [0, 0.05) is 17.7 Å². The van der Waals surface area contributed by atoms with Crippen LogP contribution < -0.4 is 10.1 Å². The van der Waals surface area contributed by atoms with E-state index in [9.17, 15) is 4.79 Å². The quantitative estimate of drug-likeness (QED) is 0.787. The lowest BCUT2D eigenvalue weighted by molar-refractivity contribution is 0.101. The highest BCUT2D eigenvalue weighted by Gasteiger charge is 2.20. The highest BCUT2D eigenvalue weighted by Crippen LogP contribution is 2.25. The first-order chi connectivity index (χ1) is 10.6. The molecule has 0 saturated carbocycles. The Morgan fingerprint density at radius 2 is 2.09 bits per heavy atom. The Morgan fingerprint density at radius 1 is 1.36 bits per heavy atom. The van der Waals surface area contributed by atoms with Crippen LogP contribution in [-0.2, 0) is 6.54 Å². The molecule has 0 aliphatic carbocycles. The van der Waals surface area contributed by atoms with Gasteiger partial charge in [-0.15, -0.1) is 0 Å². The lowest BCUT2D eigenvalue weighted by Gasteiger charge is -2.32. The van der Waals surface area contributed by atoms with Gasteiger partial charge in [0.1, 0.15) is 5.75 Å². The molecule has 2 rings (SSSR count). The number of likely N-dealkylation sites (tertiary alicyclic amines) is 1. The van der Waals surface area contributed by atoms with Crippen molar-refractivity contribution >= 4 is 5.78 Å². The molecule has 4 heteroatoms. The van der Waals surface area contributed by atoms with Crippen LogP contribution in [0, 0.1) is 5.92 Å². The van der Waals surface area contributed by atoms with E-state index in [0.29, 0.717) is 6.61 Å². The van der Waals surface area contributed by atoms with Crippen molar-refractivity contribution in [2.24, 2.45) is 5.92 Å². The van der Waals surface area contributed by atoms with E-state index in [1.54, 1.807) is 6.92 Å². The highest BCUT2D eigenvalue weighted by molar-refractivity contribution is 5.94. The van der Waals surface area contributed by atoms with Gasteiger partial charge in [-0.2, -0.15) is 0 Å². The maximum Gasteiger partial charge on any atom is 0.159 e. The molecule has 122 valence electrons. The predicted molar refractivity (Wildman–Crippen MR) is 89.5 cm³/mol. The van der Waals surface area contributed by atoms with Crippen molar-refractivity contribution in [1.82, 2.24) is 10.2 Å². The third-order valence-electron chi connectivity index (χ3n) is 4.36. The van der Waals surface area contributed by atoms with Crippen LogP contribution in [0.4, 0.5) is 0 Å². The Bertz CT molecular complexity index is 494. The van der Waals surface area contributed by atoms with E-state index in [4.69, 9.17) is 4.74 Å². The van der Waals surface area contributed by atoms with Crippen molar-refractivity contribution < 1.29 is 9.53 Å². The van der Waals surface area contributed by atoms with Crippen LogP contribution >= 0.6 is 0 Å². The number of Topliss-reactive ketones (excluding diaryl/α,β-unsaturated/α-hetero) is 1. The van der Waals surface area contributed by atoms with Gasteiger partial charge in [-0.25, -0.2) is 0 Å². The monoisotopic (exact) mass is 304 g/mol. The van der Waals surface area contributed by atoms with Gasteiger partial charge < -0.3 is 10.1 Å². The predicted octanol–water partition coefficient (Wildman–Crippen LogP) is 2.72. The number of benzene rings is 1. The van der Waals surface area contributed by atoms with Gasteiger partial charge >= 0.3 is 0 Å². The van der Waals surface area contributed by atoms with E-state index < -0.39 is 0 Å². The Morgan fingerprint density at radius 3 is 2.68 bits per heavy atom. The second kappa shape index (κ2) is 8.30. The number of nitrogens with zero attached hydrogens (tertiary/aromatic N) is 1. The van der Waals surface area contributed by atoms with Crippen molar-refractivity contribution in [3.8, 4) is 5.75 Å². The molecule has 0 atom stereocenters. The smallest absolute Gasteiger partial charge is 0.159 e. The molecule has 0 unspecified atom stereocenters. The fraction of sp³-hybridized carbons (Fsp3) is 0.611. The summed E-state index contributed by atoms with van der Waals surface area (Å²) in [4.78, 5) is 14.1. The minimum Gasteiger partial charge on any atom is -0.494 e. The number of ketones is 1. The Kier molecular flexibility index (Phi) is 6.40. The van der Waals surface area contributed by atoms with Crippen LogP contribution in [0.5, 0.6) is 5.75 Å². The molecular formula is C18H28N2O2. The van der Waals surface area contributed by atoms with Gasteiger partial charge in [-0.05, 0) is 77.5 Å². The second-order valence-electron chi connectivity index (χ2n) is 6.09. The zero-order valence-electron chi connectivity index (χ0n) is 14.0. The summed E-state index contributed by atoms with van der Waals surface area (Å²) >= 11 is 0. The molecule has 4 nitrogen and oxygen atoms in total. The summed E-state index contributed by atoms with van der Waals surface area (Å²) in [6.45, 7) is 8.45. The Balaban J connectivity index is 2.04. The third kappa shape index (κ3) is 4.55. The van der Waals surface area contributed by atoms with Crippen LogP contribution in [0.3, 0.4) is 0 Å². The van der Waals surface area contributed by atoms with Crippen molar-refractivity contribution in [1.29, 1.82) is 0 Å². The van der Waals surface area contributed by atoms with Crippen molar-refractivity contribution in [3.63, 3.8) is 0 Å². The second-order valence-corrected chi connectivity index (χ2v) is 6.09. The van der Waals surface area contributed by atoms with Gasteiger partial charge in [0.2, 0.25) is 0 Å². The minimum absolute atomic E-state index is 0.108. The maximum absolute atomic E-state index is 11.6. The molecule has 0 bridgehead atoms.